The zero-order valence-corrected chi connectivity index (χ0v) is 8.79. The number of halogens is 5. The molecule has 1 aromatic rings. The molecule has 0 bridgehead atoms. The Morgan fingerprint density at radius 2 is 1.94 bits per heavy atom. The molecule has 1 rings (SSSR count). The van der Waals surface area contributed by atoms with Crippen molar-refractivity contribution < 1.29 is 17.6 Å². The van der Waals surface area contributed by atoms with Crippen LogP contribution in [0.5, 0.6) is 0 Å². The SMILES string of the molecule is Fc1ccc(C#CCCCl)c(C(F)(F)F)c1. The van der Waals surface area contributed by atoms with E-state index >= 15 is 0 Å². The van der Waals surface area contributed by atoms with E-state index < -0.39 is 17.6 Å². The number of benzene rings is 1. The fourth-order valence-electron chi connectivity index (χ4n) is 1.06. The summed E-state index contributed by atoms with van der Waals surface area (Å²) in [5, 5.41) is 0. The maximum atomic E-state index is 12.7. The Morgan fingerprint density at radius 1 is 1.25 bits per heavy atom. The second-order valence-electron chi connectivity index (χ2n) is 2.93. The summed E-state index contributed by atoms with van der Waals surface area (Å²) in [6, 6.07) is 2.39. The van der Waals surface area contributed by atoms with Crippen LogP contribution in [-0.4, -0.2) is 5.88 Å². The van der Waals surface area contributed by atoms with E-state index in [9.17, 15) is 17.6 Å². The average molecular weight is 251 g/mol. The maximum Gasteiger partial charge on any atom is 0.417 e. The standard InChI is InChI=1S/C11H7ClF4/c12-6-2-1-3-8-4-5-9(13)7-10(8)11(14,15)16/h4-5,7H,2,6H2. The molecule has 0 amide bonds. The Bertz CT molecular complexity index is 426. The lowest BCUT2D eigenvalue weighted by Crippen LogP contribution is -2.08. The van der Waals surface area contributed by atoms with Gasteiger partial charge in [0.1, 0.15) is 5.82 Å². The molecular formula is C11H7ClF4. The van der Waals surface area contributed by atoms with Crippen LogP contribution in [-0.2, 0) is 6.18 Å². The lowest BCUT2D eigenvalue weighted by molar-refractivity contribution is -0.137. The van der Waals surface area contributed by atoms with Gasteiger partial charge in [-0.05, 0) is 18.2 Å². The fourth-order valence-corrected chi connectivity index (χ4v) is 1.16. The highest BCUT2D eigenvalue weighted by molar-refractivity contribution is 6.18. The summed E-state index contributed by atoms with van der Waals surface area (Å²) in [5.74, 6) is 4.12. The molecule has 0 aliphatic heterocycles. The molecule has 0 heterocycles. The second kappa shape index (κ2) is 5.22. The van der Waals surface area contributed by atoms with Gasteiger partial charge in [0.2, 0.25) is 0 Å². The first-order chi connectivity index (χ1) is 7.45. The molecular weight excluding hydrogens is 244 g/mol. The van der Waals surface area contributed by atoms with E-state index in [1.165, 1.54) is 0 Å². The number of rotatable bonds is 1. The third kappa shape index (κ3) is 3.42. The Kier molecular flexibility index (Phi) is 4.19. The monoisotopic (exact) mass is 250 g/mol. The van der Waals surface area contributed by atoms with E-state index in [-0.39, 0.29) is 17.9 Å². The van der Waals surface area contributed by atoms with Crippen molar-refractivity contribution in [2.45, 2.75) is 12.6 Å². The predicted molar refractivity (Wildman–Crippen MR) is 53.6 cm³/mol. The van der Waals surface area contributed by atoms with Crippen LogP contribution < -0.4 is 0 Å². The molecule has 0 aliphatic carbocycles. The van der Waals surface area contributed by atoms with Gasteiger partial charge < -0.3 is 0 Å². The smallest absolute Gasteiger partial charge is 0.207 e. The van der Waals surface area contributed by atoms with E-state index in [4.69, 9.17) is 11.6 Å². The highest BCUT2D eigenvalue weighted by Crippen LogP contribution is 2.32. The quantitative estimate of drug-likeness (QED) is 0.404. The molecule has 1 aromatic carbocycles. The van der Waals surface area contributed by atoms with Crippen molar-refractivity contribution in [1.82, 2.24) is 0 Å². The van der Waals surface area contributed by atoms with E-state index in [0.717, 1.165) is 12.1 Å². The summed E-state index contributed by atoms with van der Waals surface area (Å²) in [4.78, 5) is 0. The molecule has 5 heteroatoms. The van der Waals surface area contributed by atoms with Crippen LogP contribution in [0.1, 0.15) is 17.5 Å². The summed E-state index contributed by atoms with van der Waals surface area (Å²) in [5.41, 5.74) is -1.30. The molecule has 0 unspecified atom stereocenters. The number of hydrogen-bond acceptors (Lipinski definition) is 0. The molecule has 0 atom stereocenters. The lowest BCUT2D eigenvalue weighted by Gasteiger charge is -2.08. The fraction of sp³-hybridized carbons (Fsp3) is 0.273. The largest absolute Gasteiger partial charge is 0.417 e. The van der Waals surface area contributed by atoms with Crippen molar-refractivity contribution in [1.29, 1.82) is 0 Å². The Morgan fingerprint density at radius 3 is 2.50 bits per heavy atom. The molecule has 0 aromatic heterocycles. The van der Waals surface area contributed by atoms with Crippen molar-refractivity contribution in [3.8, 4) is 11.8 Å². The van der Waals surface area contributed by atoms with Crippen molar-refractivity contribution in [3.63, 3.8) is 0 Å². The molecule has 0 saturated heterocycles. The minimum atomic E-state index is -4.60. The predicted octanol–water partition coefficient (Wildman–Crippen LogP) is 3.82. The van der Waals surface area contributed by atoms with Gasteiger partial charge in [0.05, 0.1) is 5.56 Å². The number of hydrogen-bond donors (Lipinski definition) is 0. The van der Waals surface area contributed by atoms with Gasteiger partial charge in [0, 0.05) is 17.9 Å². The number of alkyl halides is 4. The van der Waals surface area contributed by atoms with E-state index in [2.05, 4.69) is 11.8 Å². The van der Waals surface area contributed by atoms with Gasteiger partial charge in [-0.3, -0.25) is 0 Å². The van der Waals surface area contributed by atoms with Crippen molar-refractivity contribution in [2.75, 3.05) is 5.88 Å². The zero-order valence-electron chi connectivity index (χ0n) is 8.04. The van der Waals surface area contributed by atoms with Crippen LogP contribution in [0.3, 0.4) is 0 Å². The Balaban J connectivity index is 3.15. The van der Waals surface area contributed by atoms with Crippen LogP contribution in [0.15, 0.2) is 18.2 Å². The van der Waals surface area contributed by atoms with Gasteiger partial charge in [-0.25, -0.2) is 4.39 Å². The maximum absolute atomic E-state index is 12.7. The average Bonchev–Trinajstić information content (AvgIpc) is 2.19. The van der Waals surface area contributed by atoms with E-state index in [1.54, 1.807) is 0 Å². The topological polar surface area (TPSA) is 0 Å². The van der Waals surface area contributed by atoms with Crippen molar-refractivity contribution in [3.05, 3.63) is 35.1 Å². The van der Waals surface area contributed by atoms with Gasteiger partial charge in [-0.1, -0.05) is 11.8 Å². The highest BCUT2D eigenvalue weighted by Gasteiger charge is 2.33. The van der Waals surface area contributed by atoms with Crippen LogP contribution in [0.4, 0.5) is 17.6 Å². The lowest BCUT2D eigenvalue weighted by atomic mass is 10.1. The molecule has 0 nitrogen and oxygen atoms in total. The van der Waals surface area contributed by atoms with Gasteiger partial charge in [0.25, 0.3) is 0 Å². The van der Waals surface area contributed by atoms with Crippen LogP contribution in [0, 0.1) is 17.7 Å². The molecule has 0 spiro atoms. The molecule has 0 aliphatic rings. The van der Waals surface area contributed by atoms with E-state index in [0.29, 0.717) is 6.07 Å². The Labute approximate surface area is 95.2 Å². The molecule has 0 fully saturated rings. The summed E-state index contributed by atoms with van der Waals surface area (Å²) in [6.07, 6.45) is -4.32. The van der Waals surface area contributed by atoms with Gasteiger partial charge in [-0.15, -0.1) is 11.6 Å². The zero-order chi connectivity index (χ0) is 12.2. The van der Waals surface area contributed by atoms with Crippen LogP contribution in [0.25, 0.3) is 0 Å². The third-order valence-corrected chi connectivity index (χ3v) is 1.92. The third-order valence-electron chi connectivity index (χ3n) is 1.73. The van der Waals surface area contributed by atoms with Crippen molar-refractivity contribution in [2.24, 2.45) is 0 Å². The first kappa shape index (κ1) is 12.9. The highest BCUT2D eigenvalue weighted by atomic mass is 35.5. The molecule has 0 N–H and O–H groups in total. The van der Waals surface area contributed by atoms with Gasteiger partial charge >= 0.3 is 6.18 Å². The van der Waals surface area contributed by atoms with Gasteiger partial charge in [-0.2, -0.15) is 13.2 Å². The summed E-state index contributed by atoms with van der Waals surface area (Å²) in [6.45, 7) is 0. The van der Waals surface area contributed by atoms with Crippen LogP contribution in [0.2, 0.25) is 0 Å². The van der Waals surface area contributed by atoms with Gasteiger partial charge in [0.15, 0.2) is 0 Å². The van der Waals surface area contributed by atoms with E-state index in [1.807, 2.05) is 0 Å². The molecule has 0 saturated carbocycles. The minimum Gasteiger partial charge on any atom is -0.207 e. The van der Waals surface area contributed by atoms with Crippen molar-refractivity contribution >= 4 is 11.6 Å². The first-order valence-corrected chi connectivity index (χ1v) is 4.90. The Hall–Kier alpha value is -1.21. The summed E-state index contributed by atoms with van der Waals surface area (Å²) in [7, 11) is 0. The van der Waals surface area contributed by atoms with Crippen LogP contribution >= 0.6 is 11.6 Å². The molecule has 0 radical (unpaired) electrons. The normalized spacial score (nSPS) is 10.8. The summed E-state index contributed by atoms with van der Waals surface area (Å²) < 4.78 is 50.1. The first-order valence-electron chi connectivity index (χ1n) is 4.36. The molecule has 16 heavy (non-hydrogen) atoms. The minimum absolute atomic E-state index is 0.237. The second-order valence-corrected chi connectivity index (χ2v) is 3.31. The summed E-state index contributed by atoms with van der Waals surface area (Å²) >= 11 is 5.34. The molecule has 86 valence electrons.